The predicted molar refractivity (Wildman–Crippen MR) is 78.8 cm³/mol. The molecule has 13 nitrogen and oxygen atoms in total. The van der Waals surface area contributed by atoms with Crippen molar-refractivity contribution in [3.05, 3.63) is 0 Å². The molecule has 142 valence electrons. The Morgan fingerprint density at radius 2 is 1.96 bits per heavy atom. The first kappa shape index (κ1) is 20.8. The van der Waals surface area contributed by atoms with Gasteiger partial charge in [-0.25, -0.2) is 4.31 Å². The SMILES string of the molecule is C[C@@H](NC(=O)CC[C@@H](N)C(=O)O)C(=O)N[C@@]1(O)CN(S(=O)(=O)O)C1=O. The summed E-state index contributed by atoms with van der Waals surface area (Å²) in [6, 6.07) is -2.46. The van der Waals surface area contributed by atoms with Crippen LogP contribution in [0.4, 0.5) is 0 Å². The molecule has 0 spiro atoms. The lowest BCUT2D eigenvalue weighted by atomic mass is 10.1. The van der Waals surface area contributed by atoms with E-state index in [0.717, 1.165) is 0 Å². The van der Waals surface area contributed by atoms with Crippen LogP contribution < -0.4 is 16.4 Å². The van der Waals surface area contributed by atoms with Crippen molar-refractivity contribution in [3.8, 4) is 0 Å². The zero-order valence-corrected chi connectivity index (χ0v) is 13.8. The van der Waals surface area contributed by atoms with Crippen LogP contribution in [0.5, 0.6) is 0 Å². The minimum absolute atomic E-state index is 0.0518. The second kappa shape index (κ2) is 7.30. The summed E-state index contributed by atoms with van der Waals surface area (Å²) >= 11 is 0. The largest absolute Gasteiger partial charge is 0.480 e. The van der Waals surface area contributed by atoms with E-state index in [0.29, 0.717) is 0 Å². The quantitative estimate of drug-likeness (QED) is 0.136. The van der Waals surface area contributed by atoms with Gasteiger partial charge in [0.1, 0.15) is 12.1 Å². The number of rotatable bonds is 8. The van der Waals surface area contributed by atoms with Gasteiger partial charge in [0, 0.05) is 6.42 Å². The fourth-order valence-electron chi connectivity index (χ4n) is 1.84. The monoisotopic (exact) mass is 382 g/mol. The number of aliphatic hydroxyl groups is 1. The van der Waals surface area contributed by atoms with Crippen molar-refractivity contribution in [1.29, 1.82) is 0 Å². The summed E-state index contributed by atoms with van der Waals surface area (Å²) in [6.07, 6.45) is -0.438. The summed E-state index contributed by atoms with van der Waals surface area (Å²) < 4.78 is 30.2. The molecule has 1 rings (SSSR count). The number of nitrogens with two attached hydrogens (primary N) is 1. The van der Waals surface area contributed by atoms with Gasteiger partial charge in [-0.15, -0.1) is 0 Å². The lowest BCUT2D eigenvalue weighted by Crippen LogP contribution is -2.76. The van der Waals surface area contributed by atoms with Gasteiger partial charge in [0.2, 0.25) is 17.5 Å². The van der Waals surface area contributed by atoms with Gasteiger partial charge in [-0.3, -0.25) is 23.7 Å². The van der Waals surface area contributed by atoms with Crippen LogP contribution >= 0.6 is 0 Å². The van der Waals surface area contributed by atoms with Crippen LogP contribution in [0, 0.1) is 0 Å². The van der Waals surface area contributed by atoms with Crippen LogP contribution in [-0.4, -0.2) is 75.5 Å². The number of carboxylic acids is 1. The summed E-state index contributed by atoms with van der Waals surface area (Å²) in [5, 5.41) is 22.4. The van der Waals surface area contributed by atoms with E-state index in [2.05, 4.69) is 5.32 Å². The highest BCUT2D eigenvalue weighted by atomic mass is 32.2. The number of carboxylic acid groups (broad SMARTS) is 1. The Balaban J connectivity index is 2.51. The van der Waals surface area contributed by atoms with Crippen molar-refractivity contribution in [2.45, 2.75) is 37.6 Å². The second-order valence-corrected chi connectivity index (χ2v) is 6.75. The Labute approximate surface area is 142 Å². The van der Waals surface area contributed by atoms with Gasteiger partial charge in [-0.05, 0) is 13.3 Å². The number of carbonyl (C=O) groups excluding carboxylic acids is 3. The van der Waals surface area contributed by atoms with E-state index >= 15 is 0 Å². The number of hydrogen-bond donors (Lipinski definition) is 6. The Morgan fingerprint density at radius 1 is 1.40 bits per heavy atom. The molecule has 3 amide bonds. The van der Waals surface area contributed by atoms with Gasteiger partial charge >= 0.3 is 16.3 Å². The van der Waals surface area contributed by atoms with Crippen molar-refractivity contribution in [1.82, 2.24) is 14.9 Å². The topological polar surface area (TPSA) is 216 Å². The molecule has 1 heterocycles. The molecule has 1 aliphatic rings. The molecule has 0 aromatic heterocycles. The molecule has 7 N–H and O–H groups in total. The molecule has 25 heavy (non-hydrogen) atoms. The highest BCUT2D eigenvalue weighted by Crippen LogP contribution is 2.22. The number of β-amino-alcohol motifs (C(OH)–C–C–N with tert-alkyl or cyclic N) is 1. The smallest absolute Gasteiger partial charge is 0.362 e. The van der Waals surface area contributed by atoms with Crippen molar-refractivity contribution in [2.24, 2.45) is 5.73 Å². The van der Waals surface area contributed by atoms with Crippen molar-refractivity contribution in [3.63, 3.8) is 0 Å². The van der Waals surface area contributed by atoms with E-state index in [9.17, 15) is 32.7 Å². The maximum atomic E-state index is 11.8. The zero-order chi connectivity index (χ0) is 19.6. The molecular weight excluding hydrogens is 364 g/mol. The van der Waals surface area contributed by atoms with Crippen LogP contribution in [0.15, 0.2) is 0 Å². The summed E-state index contributed by atoms with van der Waals surface area (Å²) in [7, 11) is -4.84. The first-order chi connectivity index (χ1) is 11.3. The number of β-lactam (4-membered cyclic amide) rings is 1. The van der Waals surface area contributed by atoms with E-state index in [1.807, 2.05) is 5.32 Å². The molecule has 0 saturated carbocycles. The summed E-state index contributed by atoms with van der Waals surface area (Å²) in [4.78, 5) is 45.5. The first-order valence-corrected chi connectivity index (χ1v) is 8.29. The molecule has 0 aromatic carbocycles. The van der Waals surface area contributed by atoms with Crippen LogP contribution in [0.2, 0.25) is 0 Å². The zero-order valence-electron chi connectivity index (χ0n) is 13.0. The van der Waals surface area contributed by atoms with E-state index in [1.54, 1.807) is 0 Å². The Bertz CT molecular complexity index is 694. The van der Waals surface area contributed by atoms with E-state index < -0.39 is 58.3 Å². The number of aliphatic carboxylic acids is 1. The molecule has 0 unspecified atom stereocenters. The fraction of sp³-hybridized carbons (Fsp3) is 0.636. The number of nitrogens with one attached hydrogen (secondary N) is 2. The van der Waals surface area contributed by atoms with Gasteiger partial charge < -0.3 is 26.6 Å². The maximum absolute atomic E-state index is 11.8. The first-order valence-electron chi connectivity index (χ1n) is 6.89. The summed E-state index contributed by atoms with van der Waals surface area (Å²) in [5.74, 6) is -4.42. The highest BCUT2D eigenvalue weighted by Gasteiger charge is 2.57. The third kappa shape index (κ3) is 5.09. The lowest BCUT2D eigenvalue weighted by Gasteiger charge is -2.42. The molecule has 0 bridgehead atoms. The Kier molecular flexibility index (Phi) is 6.06. The van der Waals surface area contributed by atoms with Crippen molar-refractivity contribution in [2.75, 3.05) is 6.54 Å². The van der Waals surface area contributed by atoms with Crippen LogP contribution in [0.25, 0.3) is 0 Å². The molecule has 14 heteroatoms. The lowest BCUT2D eigenvalue weighted by molar-refractivity contribution is -0.174. The average molecular weight is 382 g/mol. The molecule has 1 aliphatic heterocycles. The van der Waals surface area contributed by atoms with Crippen LogP contribution in [0.3, 0.4) is 0 Å². The van der Waals surface area contributed by atoms with Gasteiger partial charge in [0.25, 0.3) is 5.91 Å². The Morgan fingerprint density at radius 3 is 2.40 bits per heavy atom. The van der Waals surface area contributed by atoms with E-state index in [-0.39, 0.29) is 17.1 Å². The van der Waals surface area contributed by atoms with E-state index in [1.165, 1.54) is 6.92 Å². The summed E-state index contributed by atoms with van der Waals surface area (Å²) in [6.45, 7) is 0.335. The molecule has 0 aliphatic carbocycles. The minimum atomic E-state index is -4.84. The average Bonchev–Trinajstić information content (AvgIpc) is 2.48. The molecule has 1 fully saturated rings. The van der Waals surface area contributed by atoms with Gasteiger partial charge in [0.15, 0.2) is 0 Å². The van der Waals surface area contributed by atoms with Crippen molar-refractivity contribution < 1.29 is 42.4 Å². The summed E-state index contributed by atoms with van der Waals surface area (Å²) in [5.41, 5.74) is 2.71. The third-order valence-electron chi connectivity index (χ3n) is 3.33. The molecular formula is C11H18N4O9S. The predicted octanol–water partition coefficient (Wildman–Crippen LogP) is -3.87. The second-order valence-electron chi connectivity index (χ2n) is 5.41. The molecule has 0 aromatic rings. The van der Waals surface area contributed by atoms with Crippen LogP contribution in [0.1, 0.15) is 19.8 Å². The van der Waals surface area contributed by atoms with Gasteiger partial charge in [-0.2, -0.15) is 8.42 Å². The fourth-order valence-corrected chi connectivity index (χ4v) is 2.55. The molecule has 3 atom stereocenters. The van der Waals surface area contributed by atoms with Gasteiger partial charge in [0.05, 0.1) is 6.54 Å². The Hall–Kier alpha value is -2.29. The number of amides is 3. The van der Waals surface area contributed by atoms with E-state index in [4.69, 9.17) is 15.4 Å². The minimum Gasteiger partial charge on any atom is -0.480 e. The standard InChI is InChI=1S/C11H18N4O9S/c1-5(13-7(16)3-2-6(12)9(18)19)8(17)14-11(21)4-15(10(11)20)25(22,23)24/h5-6,21H,2-4,12H2,1H3,(H,13,16)(H,14,17)(H,18,19)(H,22,23,24)/t5-,6-,11-/m1/s1. The highest BCUT2D eigenvalue weighted by molar-refractivity contribution is 7.84. The van der Waals surface area contributed by atoms with Crippen LogP contribution in [-0.2, 0) is 29.5 Å². The number of hydrogen-bond acceptors (Lipinski definition) is 8. The normalized spacial score (nSPS) is 22.6. The third-order valence-corrected chi connectivity index (χ3v) is 4.18. The van der Waals surface area contributed by atoms with Gasteiger partial charge in [-0.1, -0.05) is 0 Å². The molecule has 1 saturated heterocycles. The molecule has 0 radical (unpaired) electrons. The maximum Gasteiger partial charge on any atom is 0.362 e. The number of carbonyl (C=O) groups is 4. The van der Waals surface area contributed by atoms with Crippen molar-refractivity contribution >= 4 is 34.0 Å². The number of nitrogens with zero attached hydrogens (tertiary/aromatic N) is 1.